The van der Waals surface area contributed by atoms with Crippen molar-refractivity contribution in [3.05, 3.63) is 64.0 Å². The van der Waals surface area contributed by atoms with Crippen molar-refractivity contribution in [1.82, 2.24) is 9.38 Å². The van der Waals surface area contributed by atoms with Gasteiger partial charge in [0.25, 0.3) is 5.56 Å². The summed E-state index contributed by atoms with van der Waals surface area (Å²) >= 11 is 5.88. The van der Waals surface area contributed by atoms with Gasteiger partial charge in [0.1, 0.15) is 11.4 Å². The second-order valence-electron chi connectivity index (χ2n) is 4.51. The van der Waals surface area contributed by atoms with Gasteiger partial charge in [-0.05, 0) is 25.1 Å². The lowest BCUT2D eigenvalue weighted by atomic mass is 10.1. The van der Waals surface area contributed by atoms with Crippen molar-refractivity contribution in [2.24, 2.45) is 0 Å². The first-order valence-electron chi connectivity index (χ1n) is 6.59. The molecule has 0 N–H and O–H groups in total. The quantitative estimate of drug-likeness (QED) is 0.744. The third kappa shape index (κ3) is 2.76. The maximum atomic E-state index is 12.2. The van der Waals surface area contributed by atoms with E-state index in [-0.39, 0.29) is 5.56 Å². The highest BCUT2D eigenvalue weighted by molar-refractivity contribution is 6.30. The van der Waals surface area contributed by atoms with Crippen molar-refractivity contribution in [2.75, 3.05) is 6.61 Å². The van der Waals surface area contributed by atoms with Gasteiger partial charge in [-0.2, -0.15) is 0 Å². The lowest BCUT2D eigenvalue weighted by molar-refractivity contribution is 0.340. The summed E-state index contributed by atoms with van der Waals surface area (Å²) < 4.78 is 6.93. The minimum atomic E-state index is -0.131. The van der Waals surface area contributed by atoms with Gasteiger partial charge in [0, 0.05) is 28.9 Å². The predicted molar refractivity (Wildman–Crippen MR) is 83.1 cm³/mol. The van der Waals surface area contributed by atoms with E-state index in [1.54, 1.807) is 30.5 Å². The second-order valence-corrected chi connectivity index (χ2v) is 4.95. The molecule has 0 saturated heterocycles. The highest BCUT2D eigenvalue weighted by atomic mass is 35.5. The third-order valence-corrected chi connectivity index (χ3v) is 3.34. The van der Waals surface area contributed by atoms with E-state index in [9.17, 15) is 4.79 Å². The van der Waals surface area contributed by atoms with Gasteiger partial charge in [0.2, 0.25) is 0 Å². The minimum Gasteiger partial charge on any atom is -0.494 e. The Morgan fingerprint density at radius 1 is 1.19 bits per heavy atom. The summed E-state index contributed by atoms with van der Waals surface area (Å²) in [6, 6.07) is 12.2. The molecule has 0 fully saturated rings. The number of nitrogens with zero attached hydrogens (tertiary/aromatic N) is 2. The first-order chi connectivity index (χ1) is 10.2. The zero-order valence-corrected chi connectivity index (χ0v) is 12.2. The lowest BCUT2D eigenvalue weighted by Crippen LogP contribution is -2.14. The van der Waals surface area contributed by atoms with Crippen molar-refractivity contribution in [1.29, 1.82) is 0 Å². The Kier molecular flexibility index (Phi) is 3.62. The molecule has 0 aliphatic heterocycles. The molecular formula is C16H13ClN2O2. The van der Waals surface area contributed by atoms with Gasteiger partial charge in [-0.25, -0.2) is 4.98 Å². The molecule has 5 heteroatoms. The molecule has 0 atom stereocenters. The number of aromatic nitrogens is 2. The van der Waals surface area contributed by atoms with Crippen LogP contribution in [0.5, 0.6) is 5.75 Å². The minimum absolute atomic E-state index is 0.131. The first kappa shape index (κ1) is 13.6. The van der Waals surface area contributed by atoms with E-state index in [0.29, 0.717) is 28.7 Å². The summed E-state index contributed by atoms with van der Waals surface area (Å²) in [7, 11) is 0. The van der Waals surface area contributed by atoms with Crippen LogP contribution in [0.4, 0.5) is 0 Å². The monoisotopic (exact) mass is 300 g/mol. The Morgan fingerprint density at radius 2 is 1.95 bits per heavy atom. The predicted octanol–water partition coefficient (Wildman–Crippen LogP) is 3.41. The van der Waals surface area contributed by atoms with Gasteiger partial charge in [0.05, 0.1) is 12.3 Å². The van der Waals surface area contributed by atoms with Crippen LogP contribution in [-0.2, 0) is 0 Å². The van der Waals surface area contributed by atoms with Crippen molar-refractivity contribution >= 4 is 17.2 Å². The number of ether oxygens (including phenoxy) is 1. The molecule has 2 aromatic heterocycles. The fourth-order valence-corrected chi connectivity index (χ4v) is 2.23. The molecule has 0 saturated carbocycles. The number of fused-ring (bicyclic) bond motifs is 1. The van der Waals surface area contributed by atoms with Crippen molar-refractivity contribution < 1.29 is 4.74 Å². The molecule has 0 unspecified atom stereocenters. The molecule has 0 amide bonds. The van der Waals surface area contributed by atoms with Crippen LogP contribution in [0.15, 0.2) is 53.5 Å². The van der Waals surface area contributed by atoms with Crippen molar-refractivity contribution in [3.63, 3.8) is 0 Å². The Labute approximate surface area is 126 Å². The molecule has 3 rings (SSSR count). The molecule has 3 aromatic rings. The molecule has 21 heavy (non-hydrogen) atoms. The van der Waals surface area contributed by atoms with Crippen LogP contribution in [0.1, 0.15) is 6.92 Å². The molecule has 0 aliphatic carbocycles. The van der Waals surface area contributed by atoms with Gasteiger partial charge in [-0.3, -0.25) is 9.20 Å². The van der Waals surface area contributed by atoms with Gasteiger partial charge in [0.15, 0.2) is 0 Å². The molecular weight excluding hydrogens is 288 g/mol. The van der Waals surface area contributed by atoms with E-state index >= 15 is 0 Å². The number of halogens is 1. The summed E-state index contributed by atoms with van der Waals surface area (Å²) in [5.41, 5.74) is 1.89. The standard InChI is InChI=1S/C16H13ClN2O2/c1-2-21-13-7-8-19-15(9-13)18-14(10-16(19)20)11-3-5-12(17)6-4-11/h3-10H,2H2,1H3. The third-order valence-electron chi connectivity index (χ3n) is 3.09. The number of hydrogen-bond acceptors (Lipinski definition) is 3. The smallest absolute Gasteiger partial charge is 0.258 e. The van der Waals surface area contributed by atoms with Gasteiger partial charge < -0.3 is 4.74 Å². The number of pyridine rings is 1. The molecule has 2 heterocycles. The fraction of sp³-hybridized carbons (Fsp3) is 0.125. The van der Waals surface area contributed by atoms with Crippen LogP contribution in [0, 0.1) is 0 Å². The molecule has 0 aliphatic rings. The molecule has 0 radical (unpaired) electrons. The van der Waals surface area contributed by atoms with E-state index in [1.807, 2.05) is 19.1 Å². The Hall–Kier alpha value is -2.33. The molecule has 106 valence electrons. The molecule has 0 spiro atoms. The Morgan fingerprint density at radius 3 is 2.67 bits per heavy atom. The maximum Gasteiger partial charge on any atom is 0.258 e. The SMILES string of the molecule is CCOc1ccn2c(=O)cc(-c3ccc(Cl)cc3)nc2c1. The van der Waals surface area contributed by atoms with Crippen molar-refractivity contribution in [2.45, 2.75) is 6.92 Å². The van der Waals surface area contributed by atoms with Gasteiger partial charge >= 0.3 is 0 Å². The molecule has 0 bridgehead atoms. The Bertz CT molecular complexity index is 841. The van der Waals surface area contributed by atoms with E-state index in [4.69, 9.17) is 16.3 Å². The van der Waals surface area contributed by atoms with Crippen molar-refractivity contribution in [3.8, 4) is 17.0 Å². The summed E-state index contributed by atoms with van der Waals surface area (Å²) in [5.74, 6) is 0.692. The van der Waals surface area contributed by atoms with Crippen LogP contribution in [-0.4, -0.2) is 16.0 Å². The first-order valence-corrected chi connectivity index (χ1v) is 6.97. The number of benzene rings is 1. The molecule has 1 aromatic carbocycles. The van der Waals surface area contributed by atoms with Gasteiger partial charge in [-0.1, -0.05) is 23.7 Å². The fourth-order valence-electron chi connectivity index (χ4n) is 2.11. The number of hydrogen-bond donors (Lipinski definition) is 0. The van der Waals surface area contributed by atoms with Crippen LogP contribution in [0.25, 0.3) is 16.9 Å². The van der Waals surface area contributed by atoms with Gasteiger partial charge in [-0.15, -0.1) is 0 Å². The maximum absolute atomic E-state index is 12.2. The van der Waals surface area contributed by atoms with E-state index in [0.717, 1.165) is 5.56 Å². The average molecular weight is 301 g/mol. The van der Waals surface area contributed by atoms with Crippen LogP contribution >= 0.6 is 11.6 Å². The zero-order valence-electron chi connectivity index (χ0n) is 11.4. The summed E-state index contributed by atoms with van der Waals surface area (Å²) in [4.78, 5) is 16.7. The summed E-state index contributed by atoms with van der Waals surface area (Å²) in [5, 5.41) is 0.648. The zero-order chi connectivity index (χ0) is 14.8. The summed E-state index contributed by atoms with van der Waals surface area (Å²) in [6.45, 7) is 2.48. The topological polar surface area (TPSA) is 43.6 Å². The van der Waals surface area contributed by atoms with Crippen LogP contribution < -0.4 is 10.3 Å². The summed E-state index contributed by atoms with van der Waals surface area (Å²) in [6.07, 6.45) is 1.67. The highest BCUT2D eigenvalue weighted by Gasteiger charge is 2.06. The number of rotatable bonds is 3. The van der Waals surface area contributed by atoms with E-state index in [2.05, 4.69) is 4.98 Å². The highest BCUT2D eigenvalue weighted by Crippen LogP contribution is 2.20. The lowest BCUT2D eigenvalue weighted by Gasteiger charge is -2.07. The molecule has 4 nitrogen and oxygen atoms in total. The van der Waals surface area contributed by atoms with Crippen LogP contribution in [0.3, 0.4) is 0 Å². The normalized spacial score (nSPS) is 10.8. The van der Waals surface area contributed by atoms with Crippen LogP contribution in [0.2, 0.25) is 5.02 Å². The van der Waals surface area contributed by atoms with E-state index < -0.39 is 0 Å². The largest absolute Gasteiger partial charge is 0.494 e. The van der Waals surface area contributed by atoms with E-state index in [1.165, 1.54) is 10.5 Å². The second kappa shape index (κ2) is 5.58. The Balaban J connectivity index is 2.16. The average Bonchev–Trinajstić information content (AvgIpc) is 2.48.